The molecular formula is C20H17F3N4O. The van der Waals surface area contributed by atoms with Crippen molar-refractivity contribution in [3.8, 4) is 5.75 Å². The summed E-state index contributed by atoms with van der Waals surface area (Å²) in [6, 6.07) is 14.3. The predicted molar refractivity (Wildman–Crippen MR) is 101 cm³/mol. The predicted octanol–water partition coefficient (Wildman–Crippen LogP) is 4.76. The lowest BCUT2D eigenvalue weighted by Crippen LogP contribution is -2.13. The van der Waals surface area contributed by atoms with E-state index >= 15 is 0 Å². The third-order valence-corrected chi connectivity index (χ3v) is 4.60. The molecule has 0 spiro atoms. The van der Waals surface area contributed by atoms with Gasteiger partial charge in [0.25, 0.3) is 0 Å². The number of rotatable bonds is 4. The highest BCUT2D eigenvalue weighted by Gasteiger charge is 2.37. The minimum absolute atomic E-state index is 0.0332. The van der Waals surface area contributed by atoms with Crippen molar-refractivity contribution < 1.29 is 17.9 Å². The number of nitrogens with zero attached hydrogens (tertiary/aromatic N) is 3. The van der Waals surface area contributed by atoms with Crippen LogP contribution in [0.25, 0.3) is 21.9 Å². The maximum Gasteiger partial charge on any atom is 0.434 e. The van der Waals surface area contributed by atoms with Gasteiger partial charge in [0.1, 0.15) is 11.4 Å². The molecule has 0 bridgehead atoms. The number of hydrogen-bond donors (Lipinski definition) is 1. The Morgan fingerprint density at radius 1 is 1.07 bits per heavy atom. The number of anilines is 1. The molecule has 0 aliphatic heterocycles. The average Bonchev–Trinajstić information content (AvgIpc) is 2.97. The van der Waals surface area contributed by atoms with Crippen LogP contribution in [0.5, 0.6) is 5.75 Å². The molecule has 2 aromatic carbocycles. The highest BCUT2D eigenvalue weighted by atomic mass is 19.4. The van der Waals surface area contributed by atoms with Crippen molar-refractivity contribution in [3.05, 3.63) is 59.8 Å². The van der Waals surface area contributed by atoms with Crippen LogP contribution in [0.2, 0.25) is 0 Å². The van der Waals surface area contributed by atoms with Crippen LogP contribution >= 0.6 is 0 Å². The Labute approximate surface area is 158 Å². The van der Waals surface area contributed by atoms with Gasteiger partial charge in [0.2, 0.25) is 5.95 Å². The summed E-state index contributed by atoms with van der Waals surface area (Å²) in [6.07, 6.45) is -4.62. The Morgan fingerprint density at radius 3 is 2.50 bits per heavy atom. The van der Waals surface area contributed by atoms with Crippen LogP contribution in [-0.4, -0.2) is 21.6 Å². The summed E-state index contributed by atoms with van der Waals surface area (Å²) >= 11 is 0. The number of benzene rings is 2. The van der Waals surface area contributed by atoms with Crippen molar-refractivity contribution in [2.75, 3.05) is 12.4 Å². The van der Waals surface area contributed by atoms with E-state index in [9.17, 15) is 13.2 Å². The Balaban J connectivity index is 1.90. The van der Waals surface area contributed by atoms with E-state index in [1.165, 1.54) is 7.11 Å². The lowest BCUT2D eigenvalue weighted by molar-refractivity contribution is -0.139. The van der Waals surface area contributed by atoms with E-state index in [1.807, 2.05) is 30.3 Å². The van der Waals surface area contributed by atoms with Gasteiger partial charge in [-0.3, -0.25) is 0 Å². The molecule has 144 valence electrons. The van der Waals surface area contributed by atoms with Crippen LogP contribution in [0, 0.1) is 0 Å². The van der Waals surface area contributed by atoms with E-state index in [-0.39, 0.29) is 17.0 Å². The van der Waals surface area contributed by atoms with Crippen molar-refractivity contribution in [2.24, 2.45) is 7.05 Å². The van der Waals surface area contributed by atoms with Crippen LogP contribution < -0.4 is 10.1 Å². The molecule has 0 radical (unpaired) electrons. The van der Waals surface area contributed by atoms with Gasteiger partial charge in [0.05, 0.1) is 18.0 Å². The first-order valence-corrected chi connectivity index (χ1v) is 8.57. The van der Waals surface area contributed by atoms with Gasteiger partial charge in [0, 0.05) is 19.0 Å². The van der Waals surface area contributed by atoms with Crippen LogP contribution in [0.4, 0.5) is 19.1 Å². The molecule has 0 saturated carbocycles. The molecular weight excluding hydrogens is 369 g/mol. The second-order valence-corrected chi connectivity index (χ2v) is 6.37. The number of hydrogen-bond acceptors (Lipinski definition) is 4. The minimum atomic E-state index is -4.62. The first-order chi connectivity index (χ1) is 13.4. The number of methoxy groups -OCH3 is 1. The summed E-state index contributed by atoms with van der Waals surface area (Å²) in [7, 11) is 3.16. The molecule has 4 aromatic rings. The van der Waals surface area contributed by atoms with Crippen molar-refractivity contribution >= 4 is 27.9 Å². The Kier molecular flexibility index (Phi) is 4.33. The molecule has 1 N–H and O–H groups in total. The van der Waals surface area contributed by atoms with E-state index in [0.29, 0.717) is 23.2 Å². The van der Waals surface area contributed by atoms with Crippen LogP contribution in [-0.2, 0) is 19.8 Å². The van der Waals surface area contributed by atoms with Crippen molar-refractivity contribution in [2.45, 2.75) is 12.7 Å². The molecule has 2 aromatic heterocycles. The standard InChI is InChI=1S/C20H17F3N4O/c1-27-15-9-8-13(28-2)10-14(15)16-17(20(21,22)23)25-19(26-18(16)27)24-11-12-6-4-3-5-7-12/h3-10H,11H2,1-2H3,(H,24,25,26). The Bertz CT molecular complexity index is 1150. The number of nitrogens with one attached hydrogen (secondary N) is 1. The minimum Gasteiger partial charge on any atom is -0.497 e. The fourth-order valence-electron chi connectivity index (χ4n) is 3.25. The third-order valence-electron chi connectivity index (χ3n) is 4.60. The second kappa shape index (κ2) is 6.70. The number of ether oxygens (including phenoxy) is 1. The summed E-state index contributed by atoms with van der Waals surface area (Å²) in [5, 5.41) is 3.27. The summed E-state index contributed by atoms with van der Waals surface area (Å²) < 4.78 is 48.3. The Hall–Kier alpha value is -3.29. The zero-order valence-electron chi connectivity index (χ0n) is 15.2. The first kappa shape index (κ1) is 18.1. The summed E-state index contributed by atoms with van der Waals surface area (Å²) in [4.78, 5) is 8.16. The fraction of sp³-hybridized carbons (Fsp3) is 0.200. The molecule has 0 unspecified atom stereocenters. The van der Waals surface area contributed by atoms with Gasteiger partial charge in [-0.15, -0.1) is 0 Å². The van der Waals surface area contributed by atoms with Crippen molar-refractivity contribution in [1.82, 2.24) is 14.5 Å². The Morgan fingerprint density at radius 2 is 1.82 bits per heavy atom. The van der Waals surface area contributed by atoms with Crippen LogP contribution in [0.15, 0.2) is 48.5 Å². The lowest BCUT2D eigenvalue weighted by Gasteiger charge is -2.11. The van der Waals surface area contributed by atoms with Gasteiger partial charge < -0.3 is 14.6 Å². The number of aryl methyl sites for hydroxylation is 1. The SMILES string of the molecule is COc1ccc2c(c1)c1c(C(F)(F)F)nc(NCc3ccccc3)nc1n2C. The molecule has 28 heavy (non-hydrogen) atoms. The number of fused-ring (bicyclic) bond motifs is 3. The van der Waals surface area contributed by atoms with Crippen molar-refractivity contribution in [1.29, 1.82) is 0 Å². The molecule has 0 aliphatic rings. The zero-order chi connectivity index (χ0) is 19.9. The second-order valence-electron chi connectivity index (χ2n) is 6.37. The maximum absolute atomic E-state index is 13.8. The van der Waals surface area contributed by atoms with Gasteiger partial charge in [-0.2, -0.15) is 18.2 Å². The molecule has 5 nitrogen and oxygen atoms in total. The number of aromatic nitrogens is 3. The fourth-order valence-corrected chi connectivity index (χ4v) is 3.25. The van der Waals surface area contributed by atoms with Crippen molar-refractivity contribution in [3.63, 3.8) is 0 Å². The molecule has 2 heterocycles. The quantitative estimate of drug-likeness (QED) is 0.549. The smallest absolute Gasteiger partial charge is 0.434 e. The zero-order valence-corrected chi connectivity index (χ0v) is 15.2. The molecule has 0 aliphatic carbocycles. The molecule has 0 saturated heterocycles. The third kappa shape index (κ3) is 3.11. The number of halogens is 3. The van der Waals surface area contributed by atoms with E-state index < -0.39 is 11.9 Å². The van der Waals surface area contributed by atoms with Gasteiger partial charge in [-0.1, -0.05) is 30.3 Å². The molecule has 4 rings (SSSR count). The maximum atomic E-state index is 13.8. The first-order valence-electron chi connectivity index (χ1n) is 8.57. The van der Waals surface area contributed by atoms with E-state index in [1.54, 1.807) is 29.8 Å². The van der Waals surface area contributed by atoms with Gasteiger partial charge in [-0.05, 0) is 23.8 Å². The van der Waals surface area contributed by atoms with Gasteiger partial charge in [0.15, 0.2) is 5.69 Å². The topological polar surface area (TPSA) is 52.0 Å². The molecule has 0 amide bonds. The van der Waals surface area contributed by atoms with E-state index in [2.05, 4.69) is 15.3 Å². The summed E-state index contributed by atoms with van der Waals surface area (Å²) in [6.45, 7) is 0.321. The van der Waals surface area contributed by atoms with E-state index in [0.717, 1.165) is 5.56 Å². The van der Waals surface area contributed by atoms with Gasteiger partial charge in [-0.25, -0.2) is 4.98 Å². The summed E-state index contributed by atoms with van der Waals surface area (Å²) in [5.41, 5.74) is 0.783. The highest BCUT2D eigenvalue weighted by molar-refractivity contribution is 6.08. The molecule has 0 fully saturated rings. The lowest BCUT2D eigenvalue weighted by atomic mass is 10.1. The number of alkyl halides is 3. The van der Waals surface area contributed by atoms with E-state index in [4.69, 9.17) is 4.74 Å². The summed E-state index contributed by atoms with van der Waals surface area (Å²) in [5.74, 6) is 0.404. The van der Waals surface area contributed by atoms with Crippen LogP contribution in [0.1, 0.15) is 11.3 Å². The normalized spacial score (nSPS) is 11.9. The average molecular weight is 386 g/mol. The molecule has 8 heteroatoms. The highest BCUT2D eigenvalue weighted by Crippen LogP contribution is 2.39. The molecule has 0 atom stereocenters. The van der Waals surface area contributed by atoms with Gasteiger partial charge >= 0.3 is 6.18 Å². The monoisotopic (exact) mass is 386 g/mol. The largest absolute Gasteiger partial charge is 0.497 e. The van der Waals surface area contributed by atoms with Crippen LogP contribution in [0.3, 0.4) is 0 Å².